The van der Waals surface area contributed by atoms with Crippen LogP contribution >= 0.6 is 7.60 Å². The third kappa shape index (κ3) is 4.48. The quantitative estimate of drug-likeness (QED) is 0.580. The zero-order valence-electron chi connectivity index (χ0n) is 11.8. The molecule has 10 nitrogen and oxygen atoms in total. The minimum Gasteiger partial charge on any atom is -0.324 e. The summed E-state index contributed by atoms with van der Waals surface area (Å²) < 4.78 is 12.0. The SMILES string of the molecule is Cc1cn(Cc2cnn(CCCP(=O)(O)O)n2)c(=O)[nH]c1=O. The molecule has 120 valence electrons. The van der Waals surface area contributed by atoms with E-state index in [1.165, 1.54) is 21.8 Å². The Kier molecular flexibility index (Phi) is 4.74. The lowest BCUT2D eigenvalue weighted by atomic mass is 10.4. The molecule has 0 radical (unpaired) electrons. The van der Waals surface area contributed by atoms with E-state index in [0.717, 1.165) is 0 Å². The fourth-order valence-electron chi connectivity index (χ4n) is 1.84. The van der Waals surface area contributed by atoms with Gasteiger partial charge in [-0.3, -0.25) is 18.9 Å². The molecule has 0 saturated carbocycles. The Morgan fingerprint density at radius 2 is 2.09 bits per heavy atom. The van der Waals surface area contributed by atoms with Crippen LogP contribution in [0.5, 0.6) is 0 Å². The van der Waals surface area contributed by atoms with Gasteiger partial charge in [0.1, 0.15) is 5.69 Å². The molecule has 0 aliphatic heterocycles. The third-order valence-corrected chi connectivity index (χ3v) is 3.81. The van der Waals surface area contributed by atoms with Crippen molar-refractivity contribution < 1.29 is 14.4 Å². The van der Waals surface area contributed by atoms with Crippen molar-refractivity contribution >= 4 is 7.60 Å². The van der Waals surface area contributed by atoms with Crippen LogP contribution in [0.2, 0.25) is 0 Å². The third-order valence-electron chi connectivity index (χ3n) is 2.91. The van der Waals surface area contributed by atoms with Crippen molar-refractivity contribution in [1.82, 2.24) is 24.5 Å². The summed E-state index contributed by atoms with van der Waals surface area (Å²) in [6.45, 7) is 2.01. The van der Waals surface area contributed by atoms with Gasteiger partial charge in [-0.2, -0.15) is 15.0 Å². The summed E-state index contributed by atoms with van der Waals surface area (Å²) >= 11 is 0. The van der Waals surface area contributed by atoms with Crippen LogP contribution in [0.1, 0.15) is 17.7 Å². The molecule has 2 heterocycles. The number of H-pyrrole nitrogens is 1. The van der Waals surface area contributed by atoms with Gasteiger partial charge in [0.15, 0.2) is 0 Å². The first-order chi connectivity index (χ1) is 10.2. The van der Waals surface area contributed by atoms with Crippen LogP contribution in [0.4, 0.5) is 0 Å². The van der Waals surface area contributed by atoms with E-state index in [9.17, 15) is 14.2 Å². The molecule has 0 aliphatic rings. The zero-order chi connectivity index (χ0) is 16.3. The number of aromatic amines is 1. The largest absolute Gasteiger partial charge is 0.328 e. The highest BCUT2D eigenvalue weighted by Gasteiger charge is 2.12. The first kappa shape index (κ1) is 16.3. The van der Waals surface area contributed by atoms with E-state index in [-0.39, 0.29) is 25.7 Å². The molecule has 0 unspecified atom stereocenters. The van der Waals surface area contributed by atoms with Crippen molar-refractivity contribution in [2.24, 2.45) is 0 Å². The molecule has 2 aromatic rings. The lowest BCUT2D eigenvalue weighted by molar-refractivity contribution is 0.368. The number of aryl methyl sites for hydroxylation is 2. The van der Waals surface area contributed by atoms with Crippen molar-refractivity contribution in [2.45, 2.75) is 26.4 Å². The molecule has 2 aromatic heterocycles. The maximum Gasteiger partial charge on any atom is 0.328 e. The van der Waals surface area contributed by atoms with Crippen LogP contribution in [-0.2, 0) is 17.7 Å². The summed E-state index contributed by atoms with van der Waals surface area (Å²) in [6, 6.07) is 0. The molecule has 0 aliphatic carbocycles. The standard InChI is InChI=1S/C11H16N5O5P/c1-8-6-15(11(18)13-10(8)17)7-9-5-12-16(14-9)3-2-4-22(19,20)21/h5-6H,2-4,7H2,1H3,(H,13,17,18)(H2,19,20,21). The predicted molar refractivity (Wildman–Crippen MR) is 76.7 cm³/mol. The van der Waals surface area contributed by atoms with Gasteiger partial charge in [0.25, 0.3) is 5.56 Å². The van der Waals surface area contributed by atoms with Crippen LogP contribution in [0.3, 0.4) is 0 Å². The van der Waals surface area contributed by atoms with Gasteiger partial charge in [-0.25, -0.2) is 4.79 Å². The van der Waals surface area contributed by atoms with Crippen LogP contribution in [-0.4, -0.2) is 40.5 Å². The second-order valence-corrected chi connectivity index (χ2v) is 6.65. The summed E-state index contributed by atoms with van der Waals surface area (Å²) in [5.74, 6) is 0. The van der Waals surface area contributed by atoms with Crippen molar-refractivity contribution in [2.75, 3.05) is 6.16 Å². The van der Waals surface area contributed by atoms with E-state index in [0.29, 0.717) is 11.3 Å². The summed E-state index contributed by atoms with van der Waals surface area (Å²) in [4.78, 5) is 44.0. The summed E-state index contributed by atoms with van der Waals surface area (Å²) in [6.07, 6.45) is 2.91. The molecule has 0 bridgehead atoms. The molecular weight excluding hydrogens is 313 g/mol. The van der Waals surface area contributed by atoms with Crippen molar-refractivity contribution in [1.29, 1.82) is 0 Å². The molecular formula is C11H16N5O5P. The Hall–Kier alpha value is -2.03. The lowest BCUT2D eigenvalue weighted by Gasteiger charge is -2.04. The van der Waals surface area contributed by atoms with Gasteiger partial charge in [-0.1, -0.05) is 0 Å². The Morgan fingerprint density at radius 1 is 1.36 bits per heavy atom. The predicted octanol–water partition coefficient (Wildman–Crippen LogP) is -0.947. The smallest absolute Gasteiger partial charge is 0.324 e. The van der Waals surface area contributed by atoms with Crippen molar-refractivity contribution in [3.8, 4) is 0 Å². The number of rotatable bonds is 6. The second kappa shape index (κ2) is 6.39. The molecule has 0 fully saturated rings. The van der Waals surface area contributed by atoms with Gasteiger partial charge < -0.3 is 9.79 Å². The number of nitrogens with one attached hydrogen (secondary N) is 1. The van der Waals surface area contributed by atoms with E-state index < -0.39 is 18.8 Å². The maximum absolute atomic E-state index is 11.7. The molecule has 0 amide bonds. The number of hydrogen-bond acceptors (Lipinski definition) is 5. The Bertz CT molecular complexity index is 817. The Labute approximate surface area is 124 Å². The van der Waals surface area contributed by atoms with E-state index in [2.05, 4.69) is 15.2 Å². The number of aromatic nitrogens is 5. The minimum absolute atomic E-state index is 0.148. The first-order valence-corrected chi connectivity index (χ1v) is 8.28. The van der Waals surface area contributed by atoms with E-state index in [1.54, 1.807) is 6.92 Å². The molecule has 2 rings (SSSR count). The highest BCUT2D eigenvalue weighted by molar-refractivity contribution is 7.51. The van der Waals surface area contributed by atoms with Crippen LogP contribution in [0.15, 0.2) is 22.0 Å². The number of nitrogens with zero attached hydrogens (tertiary/aromatic N) is 4. The lowest BCUT2D eigenvalue weighted by Crippen LogP contribution is -2.31. The van der Waals surface area contributed by atoms with Crippen LogP contribution in [0, 0.1) is 6.92 Å². The zero-order valence-corrected chi connectivity index (χ0v) is 12.7. The topological polar surface area (TPSA) is 143 Å². The van der Waals surface area contributed by atoms with Crippen molar-refractivity contribution in [3.05, 3.63) is 44.5 Å². The van der Waals surface area contributed by atoms with Gasteiger partial charge in [-0.15, -0.1) is 0 Å². The van der Waals surface area contributed by atoms with Gasteiger partial charge in [0.2, 0.25) is 0 Å². The molecule has 0 aromatic carbocycles. The van der Waals surface area contributed by atoms with Crippen LogP contribution in [0.25, 0.3) is 0 Å². The van der Waals surface area contributed by atoms with Crippen LogP contribution < -0.4 is 11.2 Å². The monoisotopic (exact) mass is 329 g/mol. The Morgan fingerprint density at radius 3 is 2.77 bits per heavy atom. The molecule has 3 N–H and O–H groups in total. The fraction of sp³-hybridized carbons (Fsp3) is 0.455. The maximum atomic E-state index is 11.7. The average Bonchev–Trinajstić information content (AvgIpc) is 2.82. The second-order valence-electron chi connectivity index (χ2n) is 4.87. The molecule has 0 atom stereocenters. The van der Waals surface area contributed by atoms with Crippen molar-refractivity contribution in [3.63, 3.8) is 0 Å². The molecule has 11 heteroatoms. The van der Waals surface area contributed by atoms with Gasteiger partial charge in [-0.05, 0) is 13.3 Å². The van der Waals surface area contributed by atoms with E-state index >= 15 is 0 Å². The highest BCUT2D eigenvalue weighted by atomic mass is 31.2. The van der Waals surface area contributed by atoms with E-state index in [4.69, 9.17) is 9.79 Å². The highest BCUT2D eigenvalue weighted by Crippen LogP contribution is 2.34. The summed E-state index contributed by atoms with van der Waals surface area (Å²) in [5, 5.41) is 8.09. The first-order valence-electron chi connectivity index (χ1n) is 6.48. The van der Waals surface area contributed by atoms with E-state index in [1.807, 2.05) is 0 Å². The van der Waals surface area contributed by atoms with Gasteiger partial charge >= 0.3 is 13.3 Å². The molecule has 0 spiro atoms. The van der Waals surface area contributed by atoms with Gasteiger partial charge in [0.05, 0.1) is 25.4 Å². The number of hydrogen-bond donors (Lipinski definition) is 3. The van der Waals surface area contributed by atoms with Gasteiger partial charge in [0, 0.05) is 11.8 Å². The molecule has 22 heavy (non-hydrogen) atoms. The minimum atomic E-state index is -4.02. The summed E-state index contributed by atoms with van der Waals surface area (Å²) in [5.41, 5.74) is -0.0487. The normalized spacial score (nSPS) is 11.8. The fourth-order valence-corrected chi connectivity index (χ4v) is 2.40. The average molecular weight is 329 g/mol. The summed E-state index contributed by atoms with van der Waals surface area (Å²) in [7, 11) is -4.02. The Balaban J connectivity index is 2.03. The molecule has 0 saturated heterocycles.